The molecule has 0 aliphatic rings. The summed E-state index contributed by atoms with van der Waals surface area (Å²) in [6, 6.07) is 0. The number of quaternary nitrogens is 1. The summed E-state index contributed by atoms with van der Waals surface area (Å²) in [6.07, 6.45) is 38.6. The summed E-state index contributed by atoms with van der Waals surface area (Å²) < 4.78 is 33.7. The number of carbonyl (C=O) groups is 2. The minimum absolute atomic E-state index is 0.0414. The van der Waals surface area contributed by atoms with E-state index in [4.69, 9.17) is 18.5 Å². The topological polar surface area (TPSA) is 111 Å². The second kappa shape index (κ2) is 34.7. The lowest BCUT2D eigenvalue weighted by Crippen LogP contribution is -2.37. The van der Waals surface area contributed by atoms with Gasteiger partial charge in [-0.25, -0.2) is 0 Å². The maximum absolute atomic E-state index is 12.6. The van der Waals surface area contributed by atoms with Crippen LogP contribution in [0.5, 0.6) is 0 Å². The van der Waals surface area contributed by atoms with Crippen molar-refractivity contribution < 1.29 is 42.1 Å². The lowest BCUT2D eigenvalue weighted by molar-refractivity contribution is -0.870. The number of rotatable bonds is 36. The highest BCUT2D eigenvalue weighted by atomic mass is 31.2. The molecule has 0 radical (unpaired) electrons. The third kappa shape index (κ3) is 37.7. The molecule has 0 saturated heterocycles. The Labute approximate surface area is 318 Å². The van der Waals surface area contributed by atoms with Crippen molar-refractivity contribution in [3.63, 3.8) is 0 Å². The number of nitrogens with zero attached hydrogens (tertiary/aromatic N) is 1. The first-order chi connectivity index (χ1) is 25.0. The molecule has 0 N–H and O–H groups in total. The molecule has 0 rings (SSSR count). The van der Waals surface area contributed by atoms with Gasteiger partial charge in [-0.2, -0.15) is 0 Å². The van der Waals surface area contributed by atoms with Crippen LogP contribution in [0.2, 0.25) is 0 Å². The molecule has 302 valence electrons. The normalized spacial score (nSPS) is 14.2. The number of allylic oxidation sites excluding steroid dienone is 8. The fraction of sp³-hybridized carbons (Fsp3) is 0.762. The van der Waals surface area contributed by atoms with E-state index in [-0.39, 0.29) is 26.1 Å². The van der Waals surface area contributed by atoms with E-state index in [9.17, 15) is 19.0 Å². The second-order valence-electron chi connectivity index (χ2n) is 14.6. The average Bonchev–Trinajstić information content (AvgIpc) is 3.09. The van der Waals surface area contributed by atoms with Gasteiger partial charge < -0.3 is 27.9 Å². The molecule has 0 saturated carbocycles. The standard InChI is InChI=1S/C42H76NO8P/c1-6-8-10-12-14-16-18-19-20-21-22-23-25-26-28-30-32-34-41(44)48-38-40(39-50-52(46,47)49-37-36-43(3,4)5)51-42(45)35-33-31-29-27-24-17-15-13-11-9-7-2/h13,15,19-20,22-23,26,28,40H,6-12,14,16-18,21,24-25,27,29-39H2,1-5H3/b15-13-,20-19-,23-22-,28-26-/t40-/m1/s1. The number of unbranched alkanes of at least 4 members (excludes halogenated alkanes) is 14. The first-order valence-electron chi connectivity index (χ1n) is 20.3. The van der Waals surface area contributed by atoms with Gasteiger partial charge in [-0.05, 0) is 64.2 Å². The Morgan fingerprint density at radius 1 is 0.596 bits per heavy atom. The predicted octanol–water partition coefficient (Wildman–Crippen LogP) is 10.5. The highest BCUT2D eigenvalue weighted by Gasteiger charge is 2.21. The first-order valence-corrected chi connectivity index (χ1v) is 21.8. The van der Waals surface area contributed by atoms with Crippen molar-refractivity contribution in [2.45, 2.75) is 161 Å². The van der Waals surface area contributed by atoms with Crippen molar-refractivity contribution in [2.75, 3.05) is 47.5 Å². The summed E-state index contributed by atoms with van der Waals surface area (Å²) in [5, 5.41) is 0. The van der Waals surface area contributed by atoms with E-state index >= 15 is 0 Å². The van der Waals surface area contributed by atoms with Crippen LogP contribution in [0, 0.1) is 0 Å². The van der Waals surface area contributed by atoms with E-state index in [0.29, 0.717) is 23.9 Å². The fourth-order valence-electron chi connectivity index (χ4n) is 5.06. The van der Waals surface area contributed by atoms with Gasteiger partial charge in [0.1, 0.15) is 19.8 Å². The molecular formula is C42H76NO8P. The molecule has 0 fully saturated rings. The summed E-state index contributed by atoms with van der Waals surface area (Å²) >= 11 is 0. The Balaban J connectivity index is 4.49. The van der Waals surface area contributed by atoms with Crippen LogP contribution in [0.15, 0.2) is 48.6 Å². The summed E-state index contributed by atoms with van der Waals surface area (Å²) in [4.78, 5) is 37.3. The van der Waals surface area contributed by atoms with E-state index in [1.54, 1.807) is 0 Å². The van der Waals surface area contributed by atoms with Crippen molar-refractivity contribution in [2.24, 2.45) is 0 Å². The van der Waals surface area contributed by atoms with Gasteiger partial charge in [-0.3, -0.25) is 14.2 Å². The van der Waals surface area contributed by atoms with Gasteiger partial charge >= 0.3 is 11.9 Å². The molecule has 9 nitrogen and oxygen atoms in total. The fourth-order valence-corrected chi connectivity index (χ4v) is 5.79. The molecule has 2 atom stereocenters. The zero-order valence-corrected chi connectivity index (χ0v) is 34.6. The quantitative estimate of drug-likeness (QED) is 0.0204. The number of esters is 2. The minimum atomic E-state index is -4.63. The van der Waals surface area contributed by atoms with E-state index in [1.807, 2.05) is 21.1 Å². The van der Waals surface area contributed by atoms with E-state index in [2.05, 4.69) is 62.5 Å². The number of likely N-dealkylation sites (N-methyl/N-ethyl adjacent to an activating group) is 1. The van der Waals surface area contributed by atoms with Crippen LogP contribution in [0.3, 0.4) is 0 Å². The third-order valence-corrected chi connectivity index (χ3v) is 9.29. The number of carbonyl (C=O) groups excluding carboxylic acids is 2. The zero-order valence-electron chi connectivity index (χ0n) is 33.7. The molecule has 0 aromatic rings. The summed E-state index contributed by atoms with van der Waals surface area (Å²) in [5.41, 5.74) is 0. The second-order valence-corrected chi connectivity index (χ2v) is 16.1. The third-order valence-electron chi connectivity index (χ3n) is 8.32. The molecule has 0 bridgehead atoms. The molecule has 0 aliphatic heterocycles. The monoisotopic (exact) mass is 754 g/mol. The Kier molecular flexibility index (Phi) is 33.4. The van der Waals surface area contributed by atoms with E-state index in [0.717, 1.165) is 64.2 Å². The minimum Gasteiger partial charge on any atom is -0.756 e. The van der Waals surface area contributed by atoms with Gasteiger partial charge in [0.05, 0.1) is 27.7 Å². The van der Waals surface area contributed by atoms with Crippen LogP contribution in [-0.4, -0.2) is 70.0 Å². The highest BCUT2D eigenvalue weighted by Crippen LogP contribution is 2.38. The van der Waals surface area contributed by atoms with Gasteiger partial charge in [0, 0.05) is 12.8 Å². The maximum atomic E-state index is 12.6. The van der Waals surface area contributed by atoms with Crippen LogP contribution in [0.1, 0.15) is 155 Å². The highest BCUT2D eigenvalue weighted by molar-refractivity contribution is 7.45. The van der Waals surface area contributed by atoms with Crippen LogP contribution in [0.25, 0.3) is 0 Å². The Hall–Kier alpha value is -2.03. The van der Waals surface area contributed by atoms with Gasteiger partial charge in [0.15, 0.2) is 6.10 Å². The van der Waals surface area contributed by atoms with E-state index in [1.165, 1.54) is 51.4 Å². The largest absolute Gasteiger partial charge is 0.756 e. The predicted molar refractivity (Wildman–Crippen MR) is 213 cm³/mol. The van der Waals surface area contributed by atoms with E-state index < -0.39 is 32.5 Å². The van der Waals surface area contributed by atoms with Crippen LogP contribution < -0.4 is 4.89 Å². The summed E-state index contributed by atoms with van der Waals surface area (Å²) in [7, 11) is 1.13. The SMILES string of the molecule is CCCC/C=C\CCCCCCCC(=O)O[C@H](COC(=O)CCC/C=C\C/C=C\C/C=C\CCCCCCCC)COP(=O)([O-])OCC[N+](C)(C)C. The zero-order chi connectivity index (χ0) is 38.6. The van der Waals surface area contributed by atoms with Gasteiger partial charge in [0.25, 0.3) is 7.82 Å². The number of hydrogen-bond acceptors (Lipinski definition) is 8. The molecular weight excluding hydrogens is 677 g/mol. The Bertz CT molecular complexity index is 1030. The molecule has 1 unspecified atom stereocenters. The lowest BCUT2D eigenvalue weighted by Gasteiger charge is -2.28. The molecule has 10 heteroatoms. The number of ether oxygens (including phenoxy) is 2. The Morgan fingerprint density at radius 3 is 1.67 bits per heavy atom. The molecule has 52 heavy (non-hydrogen) atoms. The van der Waals surface area contributed by atoms with Crippen LogP contribution >= 0.6 is 7.82 Å². The molecule has 0 amide bonds. The molecule has 0 aromatic carbocycles. The first kappa shape index (κ1) is 50.0. The smallest absolute Gasteiger partial charge is 0.306 e. The number of phosphoric acid groups is 1. The van der Waals surface area contributed by atoms with Gasteiger partial charge in [-0.1, -0.05) is 127 Å². The lowest BCUT2D eigenvalue weighted by atomic mass is 10.1. The molecule has 0 spiro atoms. The Morgan fingerprint density at radius 2 is 1.08 bits per heavy atom. The van der Waals surface area contributed by atoms with Crippen molar-refractivity contribution in [3.8, 4) is 0 Å². The van der Waals surface area contributed by atoms with Crippen LogP contribution in [0.4, 0.5) is 0 Å². The van der Waals surface area contributed by atoms with Crippen molar-refractivity contribution in [1.29, 1.82) is 0 Å². The number of hydrogen-bond donors (Lipinski definition) is 0. The van der Waals surface area contributed by atoms with Crippen molar-refractivity contribution in [1.82, 2.24) is 0 Å². The molecule has 0 aliphatic carbocycles. The van der Waals surface area contributed by atoms with Crippen molar-refractivity contribution >= 4 is 19.8 Å². The maximum Gasteiger partial charge on any atom is 0.306 e. The number of phosphoric ester groups is 1. The summed E-state index contributed by atoms with van der Waals surface area (Å²) in [5.74, 6) is -0.912. The summed E-state index contributed by atoms with van der Waals surface area (Å²) in [6.45, 7) is 4.09. The van der Waals surface area contributed by atoms with Crippen molar-refractivity contribution in [3.05, 3.63) is 48.6 Å². The molecule has 0 heterocycles. The van der Waals surface area contributed by atoms with Gasteiger partial charge in [-0.15, -0.1) is 0 Å². The molecule has 0 aromatic heterocycles. The van der Waals surface area contributed by atoms with Gasteiger partial charge in [0.2, 0.25) is 0 Å². The van der Waals surface area contributed by atoms with Crippen LogP contribution in [-0.2, 0) is 32.7 Å². The average molecular weight is 754 g/mol.